The lowest BCUT2D eigenvalue weighted by molar-refractivity contribution is -0.134. The summed E-state index contributed by atoms with van der Waals surface area (Å²) >= 11 is 0. The Kier molecular flexibility index (Phi) is 6.13. The number of rotatable bonds is 6. The van der Waals surface area contributed by atoms with E-state index >= 15 is 0 Å². The quantitative estimate of drug-likeness (QED) is 0.426. The fourth-order valence-corrected chi connectivity index (χ4v) is 3.72. The highest BCUT2D eigenvalue weighted by Gasteiger charge is 2.20. The van der Waals surface area contributed by atoms with Gasteiger partial charge in [0.1, 0.15) is 0 Å². The molecule has 2 aromatic carbocycles. The molecule has 0 saturated heterocycles. The second-order valence-corrected chi connectivity index (χ2v) is 7.43. The van der Waals surface area contributed by atoms with E-state index in [1.807, 2.05) is 73.2 Å². The highest BCUT2D eigenvalue weighted by atomic mass is 16.5. The lowest BCUT2D eigenvalue weighted by atomic mass is 9.93. The first-order chi connectivity index (χ1) is 15.1. The van der Waals surface area contributed by atoms with Crippen molar-refractivity contribution in [1.29, 1.82) is 0 Å². The molecule has 5 nitrogen and oxygen atoms in total. The first kappa shape index (κ1) is 20.4. The summed E-state index contributed by atoms with van der Waals surface area (Å²) in [6.07, 6.45) is 11.2. The van der Waals surface area contributed by atoms with E-state index in [0.29, 0.717) is 13.0 Å². The van der Waals surface area contributed by atoms with Gasteiger partial charge >= 0.3 is 5.97 Å². The first-order valence-electron chi connectivity index (χ1n) is 10.2. The third-order valence-electron chi connectivity index (χ3n) is 5.34. The molecule has 0 aliphatic carbocycles. The van der Waals surface area contributed by atoms with Crippen LogP contribution in [0.4, 0.5) is 0 Å². The minimum atomic E-state index is -0.424. The van der Waals surface area contributed by atoms with Crippen LogP contribution in [0, 0.1) is 5.92 Å². The number of para-hydroxylation sites is 1. The summed E-state index contributed by atoms with van der Waals surface area (Å²) in [5.74, 6) is -0.558. The average Bonchev–Trinajstić information content (AvgIpc) is 3.24. The SMILES string of the molecule is COC(=O)/C=C/C1=CN(Cc2ccccc2)C=CC1CC(=O)n1ccc2ccccc21. The molecule has 1 atom stereocenters. The van der Waals surface area contributed by atoms with Gasteiger partial charge in [0.2, 0.25) is 5.91 Å². The van der Waals surface area contributed by atoms with Crippen LogP contribution in [0.15, 0.2) is 103 Å². The second kappa shape index (κ2) is 9.30. The van der Waals surface area contributed by atoms with E-state index in [-0.39, 0.29) is 11.8 Å². The van der Waals surface area contributed by atoms with Gasteiger partial charge in [0.05, 0.1) is 12.6 Å². The van der Waals surface area contributed by atoms with E-state index in [9.17, 15) is 9.59 Å². The molecular formula is C26H24N2O3. The van der Waals surface area contributed by atoms with E-state index in [4.69, 9.17) is 4.74 Å². The molecule has 4 rings (SSSR count). The standard InChI is InChI=1S/C26H24N2O3/c1-31-26(30)12-11-23-19-27(18-20-7-3-2-4-8-20)15-13-22(23)17-25(29)28-16-14-21-9-5-6-10-24(21)28/h2-16,19,22H,17-18H2,1H3/b12-11+. The Balaban J connectivity index is 1.55. The van der Waals surface area contributed by atoms with Gasteiger partial charge in [-0.25, -0.2) is 4.79 Å². The monoisotopic (exact) mass is 412 g/mol. The summed E-state index contributed by atoms with van der Waals surface area (Å²) in [7, 11) is 1.35. The van der Waals surface area contributed by atoms with Crippen LogP contribution in [0.2, 0.25) is 0 Å². The molecule has 0 spiro atoms. The Morgan fingerprint density at radius 1 is 1.03 bits per heavy atom. The minimum Gasteiger partial charge on any atom is -0.466 e. The molecule has 0 N–H and O–H groups in total. The molecule has 0 amide bonds. The number of methoxy groups -OCH3 is 1. The van der Waals surface area contributed by atoms with E-state index in [1.165, 1.54) is 18.7 Å². The number of nitrogens with zero attached hydrogens (tertiary/aromatic N) is 2. The van der Waals surface area contributed by atoms with Crippen LogP contribution >= 0.6 is 0 Å². The maximum Gasteiger partial charge on any atom is 0.330 e. The second-order valence-electron chi connectivity index (χ2n) is 7.43. The summed E-state index contributed by atoms with van der Waals surface area (Å²) in [5, 5.41) is 1.03. The van der Waals surface area contributed by atoms with E-state index < -0.39 is 5.97 Å². The van der Waals surface area contributed by atoms with E-state index in [2.05, 4.69) is 17.0 Å². The first-order valence-corrected chi connectivity index (χ1v) is 10.2. The lowest BCUT2D eigenvalue weighted by Gasteiger charge is -2.26. The maximum absolute atomic E-state index is 13.1. The number of carbonyl (C=O) groups excluding carboxylic acids is 2. The molecule has 0 radical (unpaired) electrons. The molecule has 31 heavy (non-hydrogen) atoms. The lowest BCUT2D eigenvalue weighted by Crippen LogP contribution is -2.21. The van der Waals surface area contributed by atoms with Crippen molar-refractivity contribution in [1.82, 2.24) is 9.47 Å². The molecule has 0 fully saturated rings. The zero-order valence-corrected chi connectivity index (χ0v) is 17.3. The van der Waals surface area contributed by atoms with Gasteiger partial charge in [-0.1, -0.05) is 54.6 Å². The minimum absolute atomic E-state index is 0.00438. The summed E-state index contributed by atoms with van der Waals surface area (Å²) in [4.78, 5) is 26.8. The van der Waals surface area contributed by atoms with Crippen LogP contribution in [0.5, 0.6) is 0 Å². The smallest absolute Gasteiger partial charge is 0.330 e. The number of fused-ring (bicyclic) bond motifs is 1. The molecular weight excluding hydrogens is 388 g/mol. The van der Waals surface area contributed by atoms with Crippen molar-refractivity contribution in [3.63, 3.8) is 0 Å². The van der Waals surface area contributed by atoms with Crippen molar-refractivity contribution in [2.45, 2.75) is 13.0 Å². The molecule has 156 valence electrons. The van der Waals surface area contributed by atoms with Gasteiger partial charge < -0.3 is 9.64 Å². The largest absolute Gasteiger partial charge is 0.466 e. The van der Waals surface area contributed by atoms with Crippen LogP contribution in [-0.4, -0.2) is 28.5 Å². The van der Waals surface area contributed by atoms with Crippen LogP contribution in [0.25, 0.3) is 10.9 Å². The highest BCUT2D eigenvalue weighted by molar-refractivity contribution is 5.92. The number of aromatic nitrogens is 1. The van der Waals surface area contributed by atoms with E-state index in [0.717, 1.165) is 16.5 Å². The Bertz CT molecular complexity index is 1170. The van der Waals surface area contributed by atoms with Crippen molar-refractivity contribution < 1.29 is 14.3 Å². The van der Waals surface area contributed by atoms with E-state index in [1.54, 1.807) is 10.6 Å². The summed E-state index contributed by atoms with van der Waals surface area (Å²) in [5.41, 5.74) is 2.95. The number of ether oxygens (including phenoxy) is 1. The number of allylic oxidation sites excluding steroid dienone is 3. The molecule has 0 saturated carbocycles. The number of hydrogen-bond donors (Lipinski definition) is 0. The molecule has 2 heterocycles. The van der Waals surface area contributed by atoms with Gasteiger partial charge in [-0.3, -0.25) is 9.36 Å². The zero-order valence-electron chi connectivity index (χ0n) is 17.3. The van der Waals surface area contributed by atoms with Gasteiger partial charge in [-0.05, 0) is 29.3 Å². The average molecular weight is 412 g/mol. The molecule has 1 unspecified atom stereocenters. The Hall–Kier alpha value is -3.86. The summed E-state index contributed by atoms with van der Waals surface area (Å²) in [6, 6.07) is 19.9. The molecule has 1 aliphatic heterocycles. The molecule has 1 aromatic heterocycles. The fourth-order valence-electron chi connectivity index (χ4n) is 3.72. The number of esters is 1. The van der Waals surface area contributed by atoms with Gasteiger partial charge in [-0.15, -0.1) is 0 Å². The topological polar surface area (TPSA) is 51.5 Å². The van der Waals surface area contributed by atoms with Gasteiger partial charge in [0, 0.05) is 48.9 Å². The number of carbonyl (C=O) groups is 2. The van der Waals surface area contributed by atoms with Gasteiger partial charge in [0.25, 0.3) is 0 Å². The van der Waals surface area contributed by atoms with Crippen molar-refractivity contribution in [3.05, 3.63) is 109 Å². The van der Waals surface area contributed by atoms with Crippen molar-refractivity contribution >= 4 is 22.8 Å². The summed E-state index contributed by atoms with van der Waals surface area (Å²) in [6.45, 7) is 0.704. The van der Waals surface area contributed by atoms with Crippen LogP contribution < -0.4 is 0 Å². The molecule has 5 heteroatoms. The number of benzene rings is 2. The number of hydrogen-bond acceptors (Lipinski definition) is 4. The normalized spacial score (nSPS) is 16.0. The van der Waals surface area contributed by atoms with Crippen molar-refractivity contribution in [3.8, 4) is 0 Å². The van der Waals surface area contributed by atoms with Crippen LogP contribution in [0.3, 0.4) is 0 Å². The zero-order chi connectivity index (χ0) is 21.6. The molecule has 1 aliphatic rings. The van der Waals surface area contributed by atoms with Crippen LogP contribution in [-0.2, 0) is 16.1 Å². The molecule has 3 aromatic rings. The fraction of sp³-hybridized carbons (Fsp3) is 0.154. The van der Waals surface area contributed by atoms with Gasteiger partial charge in [-0.2, -0.15) is 0 Å². The maximum atomic E-state index is 13.1. The Morgan fingerprint density at radius 2 is 1.81 bits per heavy atom. The van der Waals surface area contributed by atoms with Gasteiger partial charge in [0.15, 0.2) is 0 Å². The Morgan fingerprint density at radius 3 is 2.61 bits per heavy atom. The third-order valence-corrected chi connectivity index (χ3v) is 5.34. The van der Waals surface area contributed by atoms with Crippen LogP contribution in [0.1, 0.15) is 16.8 Å². The predicted molar refractivity (Wildman–Crippen MR) is 121 cm³/mol. The highest BCUT2D eigenvalue weighted by Crippen LogP contribution is 2.27. The molecule has 0 bridgehead atoms. The predicted octanol–water partition coefficient (Wildman–Crippen LogP) is 4.93. The van der Waals surface area contributed by atoms with Crippen molar-refractivity contribution in [2.75, 3.05) is 7.11 Å². The Labute approximate surface area is 181 Å². The summed E-state index contributed by atoms with van der Waals surface area (Å²) < 4.78 is 6.43. The van der Waals surface area contributed by atoms with Crippen molar-refractivity contribution in [2.24, 2.45) is 5.92 Å². The third kappa shape index (κ3) is 4.83.